The summed E-state index contributed by atoms with van der Waals surface area (Å²) in [5, 5.41) is 3.24. The number of hydrogen-bond donors (Lipinski definition) is 1. The molecule has 2 heterocycles. The molecule has 3 aliphatic rings. The van der Waals surface area contributed by atoms with Crippen molar-refractivity contribution in [2.45, 2.75) is 120 Å². The maximum absolute atomic E-state index is 13.3. The smallest absolute Gasteiger partial charge is 0.170 e. The zero-order valence-electron chi connectivity index (χ0n) is 17.0. The highest BCUT2D eigenvalue weighted by Crippen LogP contribution is 2.36. The topological polar surface area (TPSA) is 49.4 Å². The van der Waals surface area contributed by atoms with Crippen LogP contribution in [0.15, 0.2) is 0 Å². The third kappa shape index (κ3) is 4.64. The quantitative estimate of drug-likeness (QED) is 0.781. The lowest BCUT2D eigenvalue weighted by molar-refractivity contribution is 0.221. The van der Waals surface area contributed by atoms with E-state index >= 15 is 0 Å². The van der Waals surface area contributed by atoms with E-state index in [1.165, 1.54) is 70.6 Å². The predicted molar refractivity (Wildman–Crippen MR) is 109 cm³/mol. The Bertz CT molecular complexity index is 524. The van der Waals surface area contributed by atoms with Crippen molar-refractivity contribution in [1.29, 1.82) is 0 Å². The van der Waals surface area contributed by atoms with E-state index in [1.807, 2.05) is 13.8 Å². The number of sulfone groups is 1. The maximum Gasteiger partial charge on any atom is 0.170 e. The van der Waals surface area contributed by atoms with Crippen LogP contribution in [0.25, 0.3) is 0 Å². The highest BCUT2D eigenvalue weighted by Gasteiger charge is 2.50. The van der Waals surface area contributed by atoms with E-state index in [0.717, 1.165) is 19.4 Å². The van der Waals surface area contributed by atoms with Crippen LogP contribution in [0.4, 0.5) is 0 Å². The van der Waals surface area contributed by atoms with Crippen molar-refractivity contribution in [2.75, 3.05) is 6.54 Å². The molecule has 3 rings (SSSR count). The van der Waals surface area contributed by atoms with Crippen molar-refractivity contribution >= 4 is 9.84 Å². The number of nitrogens with zero attached hydrogens (tertiary/aromatic N) is 1. The molecule has 0 bridgehead atoms. The Labute approximate surface area is 161 Å². The van der Waals surface area contributed by atoms with E-state index in [0.29, 0.717) is 5.92 Å². The molecular weight excluding hydrogens is 344 g/mol. The van der Waals surface area contributed by atoms with Crippen molar-refractivity contribution in [3.63, 3.8) is 0 Å². The lowest BCUT2D eigenvalue weighted by atomic mass is 9.87. The second-order valence-electron chi connectivity index (χ2n) is 9.14. The molecule has 3 atom stereocenters. The summed E-state index contributed by atoms with van der Waals surface area (Å²) in [5.41, 5.74) is 0. The van der Waals surface area contributed by atoms with Crippen molar-refractivity contribution in [3.8, 4) is 0 Å². The first kappa shape index (κ1) is 20.6. The molecule has 26 heavy (non-hydrogen) atoms. The van der Waals surface area contributed by atoms with Gasteiger partial charge < -0.3 is 0 Å². The van der Waals surface area contributed by atoms with Gasteiger partial charge in [0.1, 0.15) is 5.37 Å². The van der Waals surface area contributed by atoms with Gasteiger partial charge in [-0.05, 0) is 45.4 Å². The Balaban J connectivity index is 1.84. The van der Waals surface area contributed by atoms with E-state index in [1.54, 1.807) is 0 Å². The van der Waals surface area contributed by atoms with Gasteiger partial charge in [-0.3, -0.25) is 10.2 Å². The van der Waals surface area contributed by atoms with Crippen LogP contribution in [0.5, 0.6) is 0 Å². The molecule has 0 aromatic heterocycles. The van der Waals surface area contributed by atoms with Gasteiger partial charge in [0, 0.05) is 12.6 Å². The SMILES string of the molecule is CC(C)S(=O)(=O)C1C(C2CCCCCCCCC2)NC2CCCCCN21. The van der Waals surface area contributed by atoms with Crippen LogP contribution in [0, 0.1) is 5.92 Å². The molecule has 5 heteroatoms. The predicted octanol–water partition coefficient (Wildman–Crippen LogP) is 4.45. The minimum absolute atomic E-state index is 0.130. The van der Waals surface area contributed by atoms with Crippen LogP contribution in [-0.4, -0.2) is 42.7 Å². The van der Waals surface area contributed by atoms with Crippen LogP contribution in [0.3, 0.4) is 0 Å². The third-order valence-electron chi connectivity index (χ3n) is 6.96. The van der Waals surface area contributed by atoms with Crippen LogP contribution in [0.1, 0.15) is 97.3 Å². The summed E-state index contributed by atoms with van der Waals surface area (Å²) in [6, 6.07) is 0.130. The molecule has 0 aromatic rings. The molecule has 152 valence electrons. The van der Waals surface area contributed by atoms with Gasteiger partial charge in [0.15, 0.2) is 9.84 Å². The van der Waals surface area contributed by atoms with Crippen molar-refractivity contribution in [1.82, 2.24) is 10.2 Å². The van der Waals surface area contributed by atoms with Gasteiger partial charge in [-0.15, -0.1) is 0 Å². The Morgan fingerprint density at radius 1 is 0.808 bits per heavy atom. The first-order valence-corrected chi connectivity index (χ1v) is 12.9. The average molecular weight is 385 g/mol. The van der Waals surface area contributed by atoms with Crippen LogP contribution < -0.4 is 5.32 Å². The molecule has 2 saturated heterocycles. The fraction of sp³-hybridized carbons (Fsp3) is 1.00. The molecule has 0 spiro atoms. The van der Waals surface area contributed by atoms with E-state index in [4.69, 9.17) is 0 Å². The molecule has 0 radical (unpaired) electrons. The summed E-state index contributed by atoms with van der Waals surface area (Å²) in [5.74, 6) is 0.513. The molecule has 1 aliphatic carbocycles. The van der Waals surface area contributed by atoms with Gasteiger partial charge in [-0.1, -0.05) is 57.8 Å². The summed E-state index contributed by atoms with van der Waals surface area (Å²) >= 11 is 0. The van der Waals surface area contributed by atoms with Gasteiger partial charge in [-0.2, -0.15) is 0 Å². The summed E-state index contributed by atoms with van der Waals surface area (Å²) < 4.78 is 26.7. The molecule has 4 nitrogen and oxygen atoms in total. The Hall–Kier alpha value is -0.130. The minimum Gasteiger partial charge on any atom is -0.296 e. The lowest BCUT2D eigenvalue weighted by Gasteiger charge is -2.33. The number of nitrogens with one attached hydrogen (secondary N) is 1. The van der Waals surface area contributed by atoms with Gasteiger partial charge in [0.25, 0.3) is 0 Å². The Morgan fingerprint density at radius 2 is 1.35 bits per heavy atom. The van der Waals surface area contributed by atoms with Gasteiger partial charge in [-0.25, -0.2) is 8.42 Å². The summed E-state index contributed by atoms with van der Waals surface area (Å²) in [6.07, 6.45) is 16.6. The zero-order chi connectivity index (χ0) is 18.6. The number of fused-ring (bicyclic) bond motifs is 1. The van der Waals surface area contributed by atoms with E-state index in [2.05, 4.69) is 10.2 Å². The van der Waals surface area contributed by atoms with Gasteiger partial charge in [0.2, 0.25) is 0 Å². The molecule has 0 amide bonds. The molecule has 1 N–H and O–H groups in total. The minimum atomic E-state index is -3.14. The highest BCUT2D eigenvalue weighted by atomic mass is 32.2. The fourth-order valence-corrected chi connectivity index (χ4v) is 7.26. The van der Waals surface area contributed by atoms with E-state index in [9.17, 15) is 8.42 Å². The zero-order valence-corrected chi connectivity index (χ0v) is 17.8. The van der Waals surface area contributed by atoms with Crippen molar-refractivity contribution in [2.24, 2.45) is 5.92 Å². The molecule has 3 unspecified atom stereocenters. The van der Waals surface area contributed by atoms with Gasteiger partial charge >= 0.3 is 0 Å². The normalized spacial score (nSPS) is 33.7. The third-order valence-corrected chi connectivity index (χ3v) is 9.52. The van der Waals surface area contributed by atoms with E-state index < -0.39 is 9.84 Å². The first-order chi connectivity index (χ1) is 12.5. The molecule has 0 aromatic carbocycles. The molecular formula is C21H40N2O2S. The summed E-state index contributed by atoms with van der Waals surface area (Å²) in [7, 11) is -3.14. The van der Waals surface area contributed by atoms with Crippen molar-refractivity contribution < 1.29 is 8.42 Å². The largest absolute Gasteiger partial charge is 0.296 e. The van der Waals surface area contributed by atoms with Gasteiger partial charge in [0.05, 0.1) is 11.4 Å². The summed E-state index contributed by atoms with van der Waals surface area (Å²) in [6.45, 7) is 4.67. The van der Waals surface area contributed by atoms with Crippen LogP contribution in [-0.2, 0) is 9.84 Å². The highest BCUT2D eigenvalue weighted by molar-refractivity contribution is 7.92. The van der Waals surface area contributed by atoms with Crippen molar-refractivity contribution in [3.05, 3.63) is 0 Å². The molecule has 3 fully saturated rings. The number of hydrogen-bond acceptors (Lipinski definition) is 4. The number of rotatable bonds is 3. The second-order valence-corrected chi connectivity index (χ2v) is 11.7. The molecule has 2 aliphatic heterocycles. The monoisotopic (exact) mass is 384 g/mol. The van der Waals surface area contributed by atoms with Crippen LogP contribution >= 0.6 is 0 Å². The lowest BCUT2D eigenvalue weighted by Crippen LogP contribution is -2.49. The average Bonchev–Trinajstić information content (AvgIpc) is 2.83. The standard InChI is InChI=1S/C21H40N2O2S/c1-17(2)26(24,25)21-20(22-19-15-11-8-12-16-23(19)21)18-13-9-6-4-3-5-7-10-14-18/h17-22H,3-16H2,1-2H3. The maximum atomic E-state index is 13.3. The van der Waals surface area contributed by atoms with E-state index in [-0.39, 0.29) is 22.8 Å². The van der Waals surface area contributed by atoms with Crippen LogP contribution in [0.2, 0.25) is 0 Å². The Morgan fingerprint density at radius 3 is 1.96 bits per heavy atom. The summed E-state index contributed by atoms with van der Waals surface area (Å²) in [4.78, 5) is 2.34. The Kier molecular flexibility index (Phi) is 7.43. The first-order valence-electron chi connectivity index (χ1n) is 11.3. The molecule has 1 saturated carbocycles. The second kappa shape index (κ2) is 9.38. The fourth-order valence-electron chi connectivity index (χ4n) is 5.37.